The zero-order valence-electron chi connectivity index (χ0n) is 25.9. The molecule has 2 unspecified atom stereocenters. The van der Waals surface area contributed by atoms with Crippen LogP contribution in [0.5, 0.6) is 6.01 Å². The Kier molecular flexibility index (Phi) is 6.93. The number of nitrogens with one attached hydrogen (secondary N) is 1. The Balaban J connectivity index is 1.29. The van der Waals surface area contributed by atoms with Crippen molar-refractivity contribution in [2.24, 2.45) is 16.6 Å². The van der Waals surface area contributed by atoms with Gasteiger partial charge in [0.15, 0.2) is 5.83 Å². The molecule has 46 heavy (non-hydrogen) atoms. The Bertz CT molecular complexity index is 1620. The summed E-state index contributed by atoms with van der Waals surface area (Å²) >= 11 is 0.994. The van der Waals surface area contributed by atoms with Crippen LogP contribution in [0.15, 0.2) is 17.0 Å². The molecular weight excluding hydrogens is 625 g/mol. The van der Waals surface area contributed by atoms with E-state index in [-0.39, 0.29) is 44.4 Å². The summed E-state index contributed by atoms with van der Waals surface area (Å²) in [5, 5.41) is 3.31. The molecule has 6 heterocycles. The van der Waals surface area contributed by atoms with E-state index in [1.807, 2.05) is 4.90 Å². The fraction of sp³-hybridized carbons (Fsp3) is 0.625. The van der Waals surface area contributed by atoms with E-state index >= 15 is 17.6 Å². The largest absolute Gasteiger partial charge is 0.461 e. The van der Waals surface area contributed by atoms with Crippen molar-refractivity contribution in [3.8, 4) is 6.01 Å². The van der Waals surface area contributed by atoms with Gasteiger partial charge in [-0.25, -0.2) is 8.78 Å². The number of fused-ring (bicyclic) bond motifs is 3. The molecule has 0 saturated carbocycles. The van der Waals surface area contributed by atoms with Gasteiger partial charge in [0, 0.05) is 55.3 Å². The molecule has 0 radical (unpaired) electrons. The molecule has 1 spiro atoms. The average molecular weight is 664 g/mol. The Labute approximate surface area is 268 Å². The molecule has 2 aromatic rings. The number of benzene rings is 1. The van der Waals surface area contributed by atoms with E-state index in [2.05, 4.69) is 15.2 Å². The molecule has 0 amide bonds. The highest BCUT2D eigenvalue weighted by Gasteiger charge is 2.59. The molecule has 1 aromatic heterocycles. The molecule has 1 aliphatic carbocycles. The lowest BCUT2D eigenvalue weighted by atomic mass is 9.69. The first kappa shape index (κ1) is 30.6. The smallest absolute Gasteiger partial charge is 0.398 e. The summed E-state index contributed by atoms with van der Waals surface area (Å²) in [6.07, 6.45) is -0.458. The predicted molar refractivity (Wildman–Crippen MR) is 167 cm³/mol. The molecule has 4 fully saturated rings. The third-order valence-corrected chi connectivity index (χ3v) is 12.6. The zero-order valence-corrected chi connectivity index (χ0v) is 26.8. The number of ether oxygens (including phenoxy) is 1. The summed E-state index contributed by atoms with van der Waals surface area (Å²) < 4.78 is 84.4. The van der Waals surface area contributed by atoms with Crippen molar-refractivity contribution in [3.05, 3.63) is 34.8 Å². The topological polar surface area (TPSA) is 82.8 Å². The molecule has 6 aliphatic rings. The Morgan fingerprint density at radius 1 is 1.09 bits per heavy atom. The van der Waals surface area contributed by atoms with E-state index < -0.39 is 40.7 Å². The van der Waals surface area contributed by atoms with Crippen LogP contribution in [0.25, 0.3) is 11.4 Å². The van der Waals surface area contributed by atoms with Gasteiger partial charge >= 0.3 is 12.2 Å². The number of aromatic nitrogens is 2. The number of hydrogen-bond acceptors (Lipinski definition) is 9. The third-order valence-electron chi connectivity index (χ3n) is 11.4. The van der Waals surface area contributed by atoms with Gasteiger partial charge in [0.1, 0.15) is 29.4 Å². The lowest BCUT2D eigenvalue weighted by molar-refractivity contribution is -0.195. The van der Waals surface area contributed by atoms with Crippen LogP contribution in [0.1, 0.15) is 55.8 Å². The zero-order chi connectivity index (χ0) is 32.2. The molecule has 2 atom stereocenters. The summed E-state index contributed by atoms with van der Waals surface area (Å²) in [7, 11) is 1.58. The summed E-state index contributed by atoms with van der Waals surface area (Å²) in [6, 6.07) is 2.29. The van der Waals surface area contributed by atoms with Crippen molar-refractivity contribution in [1.82, 2.24) is 20.2 Å². The highest BCUT2D eigenvalue weighted by atomic mass is 32.2. The first-order valence-corrected chi connectivity index (χ1v) is 16.9. The van der Waals surface area contributed by atoms with Gasteiger partial charge in [-0.15, -0.1) is 0 Å². The van der Waals surface area contributed by atoms with Crippen LogP contribution in [-0.2, 0) is 6.42 Å². The molecule has 0 bridgehead atoms. The molecule has 1 aromatic carbocycles. The maximum absolute atomic E-state index is 17.2. The van der Waals surface area contributed by atoms with E-state index in [1.165, 1.54) is 11.0 Å². The van der Waals surface area contributed by atoms with E-state index in [0.29, 0.717) is 25.5 Å². The molecular formula is C32H38F5N7OS. The minimum absolute atomic E-state index is 0.0171. The average Bonchev–Trinajstić information content (AvgIpc) is 3.76. The van der Waals surface area contributed by atoms with Crippen molar-refractivity contribution < 1.29 is 26.7 Å². The number of allylic oxidation sites excluding steroid dienone is 1. The number of nitrogens with zero attached hydrogens (tertiary/aromatic N) is 5. The van der Waals surface area contributed by atoms with Crippen molar-refractivity contribution in [2.45, 2.75) is 67.6 Å². The fourth-order valence-corrected chi connectivity index (χ4v) is 9.71. The fourth-order valence-electron chi connectivity index (χ4n) is 8.66. The molecule has 5 aliphatic heterocycles. The normalized spacial score (nSPS) is 28.1. The van der Waals surface area contributed by atoms with Gasteiger partial charge in [-0.2, -0.15) is 23.1 Å². The Morgan fingerprint density at radius 2 is 1.83 bits per heavy atom. The highest BCUT2D eigenvalue weighted by Crippen LogP contribution is 2.60. The Morgan fingerprint density at radius 3 is 2.48 bits per heavy atom. The van der Waals surface area contributed by atoms with Crippen molar-refractivity contribution >= 4 is 34.7 Å². The molecule has 14 heteroatoms. The van der Waals surface area contributed by atoms with Gasteiger partial charge in [-0.3, -0.25) is 4.90 Å². The summed E-state index contributed by atoms with van der Waals surface area (Å²) in [6.45, 7) is 6.19. The summed E-state index contributed by atoms with van der Waals surface area (Å²) in [5.41, 5.74) is 2.14. The first-order chi connectivity index (χ1) is 21.8. The van der Waals surface area contributed by atoms with Crippen LogP contribution in [-0.4, -0.2) is 85.0 Å². The van der Waals surface area contributed by atoms with Crippen molar-refractivity contribution in [3.63, 3.8) is 0 Å². The number of anilines is 2. The number of thioether (sulfide) groups is 1. The van der Waals surface area contributed by atoms with Gasteiger partial charge in [-0.05, 0) is 70.7 Å². The minimum atomic E-state index is -4.85. The second-order valence-electron chi connectivity index (χ2n) is 14.2. The molecule has 248 valence electrons. The second-order valence-corrected chi connectivity index (χ2v) is 15.4. The standard InChI is InChI=1S/C32H38F5N7OS/c1-29(32(35,36)37)13-19-23(22(34)21(29)18-5-6-20(33)25-24(18)42(2)27(38)46-25)40-28(45-17-31-7-3-10-44(31)11-4-8-31)41-26(19)43-12-9-30(16-43)14-39-15-30/h5-6,27,39H,3-4,7-17,38H2,1-2H3. The van der Waals surface area contributed by atoms with Gasteiger partial charge < -0.3 is 25.6 Å². The van der Waals surface area contributed by atoms with Crippen LogP contribution in [0.4, 0.5) is 33.5 Å². The molecule has 3 N–H and O–H groups in total. The molecule has 8 nitrogen and oxygen atoms in total. The lowest BCUT2D eigenvalue weighted by Gasteiger charge is -2.41. The minimum Gasteiger partial charge on any atom is -0.461 e. The van der Waals surface area contributed by atoms with Crippen LogP contribution in [0.2, 0.25) is 0 Å². The van der Waals surface area contributed by atoms with E-state index in [0.717, 1.165) is 83.0 Å². The number of rotatable bonds is 5. The molecule has 4 saturated heterocycles. The first-order valence-electron chi connectivity index (χ1n) is 16.0. The Hall–Kier alpha value is -2.68. The van der Waals surface area contributed by atoms with Crippen LogP contribution >= 0.6 is 11.8 Å². The van der Waals surface area contributed by atoms with Crippen LogP contribution in [0, 0.1) is 16.6 Å². The van der Waals surface area contributed by atoms with Crippen LogP contribution in [0.3, 0.4) is 0 Å². The number of nitrogens with two attached hydrogens (primary N) is 1. The SMILES string of the molecule is CN1c2c(C3=C(F)c4nc(OCC56CCCN5CCC6)nc(N5CCC6(CNC6)C5)c4CC3(C)C(F)(F)F)ccc(F)c2SC1N. The predicted octanol–water partition coefficient (Wildman–Crippen LogP) is 5.17. The van der Waals surface area contributed by atoms with Gasteiger partial charge in [-0.1, -0.05) is 11.8 Å². The monoisotopic (exact) mass is 663 g/mol. The van der Waals surface area contributed by atoms with Crippen LogP contribution < -0.4 is 25.6 Å². The van der Waals surface area contributed by atoms with E-state index in [1.54, 1.807) is 7.05 Å². The van der Waals surface area contributed by atoms with Crippen molar-refractivity contribution in [1.29, 1.82) is 0 Å². The summed E-state index contributed by atoms with van der Waals surface area (Å²) in [4.78, 5) is 15.3. The second kappa shape index (κ2) is 10.4. The number of hydrogen-bond donors (Lipinski definition) is 2. The number of halogens is 5. The lowest BCUT2D eigenvalue weighted by Crippen LogP contribution is -2.54. The maximum atomic E-state index is 17.2. The summed E-state index contributed by atoms with van der Waals surface area (Å²) in [5.74, 6) is -1.40. The van der Waals surface area contributed by atoms with Gasteiger partial charge in [0.2, 0.25) is 0 Å². The van der Waals surface area contributed by atoms with Crippen molar-refractivity contribution in [2.75, 3.05) is 62.7 Å². The van der Waals surface area contributed by atoms with E-state index in [4.69, 9.17) is 15.5 Å². The van der Waals surface area contributed by atoms with Gasteiger partial charge in [0.25, 0.3) is 0 Å². The number of alkyl halides is 3. The third kappa shape index (κ3) is 4.42. The van der Waals surface area contributed by atoms with E-state index in [9.17, 15) is 4.39 Å². The molecule has 8 rings (SSSR count). The van der Waals surface area contributed by atoms with Gasteiger partial charge in [0.05, 0.1) is 21.5 Å². The maximum Gasteiger partial charge on any atom is 0.398 e. The highest BCUT2D eigenvalue weighted by molar-refractivity contribution is 8.00. The quantitative estimate of drug-likeness (QED) is 0.422.